The number of para-hydroxylation sites is 2. The van der Waals surface area contributed by atoms with E-state index in [1.54, 1.807) is 35.7 Å². The van der Waals surface area contributed by atoms with Crippen LogP contribution in [0.2, 0.25) is 0 Å². The third kappa shape index (κ3) is 5.88. The third-order valence-electron chi connectivity index (χ3n) is 4.00. The molecule has 1 aromatic heterocycles. The van der Waals surface area contributed by atoms with Crippen LogP contribution < -0.4 is 15.4 Å². The van der Waals surface area contributed by atoms with Crippen LogP contribution in [0.3, 0.4) is 0 Å². The van der Waals surface area contributed by atoms with Crippen molar-refractivity contribution in [2.24, 2.45) is 0 Å². The highest BCUT2D eigenvalue weighted by molar-refractivity contribution is 7.94. The quantitative estimate of drug-likeness (QED) is 0.585. The Morgan fingerprint density at radius 1 is 1.15 bits per heavy atom. The molecule has 146 valence electrons. The van der Waals surface area contributed by atoms with Crippen molar-refractivity contribution in [3.05, 3.63) is 41.8 Å². The molecule has 0 unspecified atom stereocenters. The number of morpholine rings is 1. The number of anilines is 2. The highest BCUT2D eigenvalue weighted by Crippen LogP contribution is 2.26. The Hall–Kier alpha value is -1.72. The first kappa shape index (κ1) is 20.0. The van der Waals surface area contributed by atoms with Crippen LogP contribution in [-0.2, 0) is 14.8 Å². The summed E-state index contributed by atoms with van der Waals surface area (Å²) in [5.41, 5.74) is 1.05. The zero-order chi connectivity index (χ0) is 19.1. The molecule has 1 saturated heterocycles. The Morgan fingerprint density at radius 2 is 1.89 bits per heavy atom. The van der Waals surface area contributed by atoms with E-state index in [4.69, 9.17) is 17.0 Å². The van der Waals surface area contributed by atoms with Gasteiger partial charge in [-0.05, 0) is 35.8 Å². The molecule has 1 aromatic carbocycles. The molecule has 2 heterocycles. The fourth-order valence-corrected chi connectivity index (χ4v) is 4.90. The van der Waals surface area contributed by atoms with Crippen molar-refractivity contribution in [3.63, 3.8) is 0 Å². The van der Waals surface area contributed by atoms with Crippen molar-refractivity contribution in [1.29, 1.82) is 0 Å². The van der Waals surface area contributed by atoms with Gasteiger partial charge in [-0.2, -0.15) is 0 Å². The number of ether oxygens (including phenoxy) is 1. The van der Waals surface area contributed by atoms with E-state index in [9.17, 15) is 8.42 Å². The van der Waals surface area contributed by atoms with E-state index in [1.807, 2.05) is 6.07 Å². The van der Waals surface area contributed by atoms with Gasteiger partial charge in [0.15, 0.2) is 5.11 Å². The van der Waals surface area contributed by atoms with Crippen molar-refractivity contribution >= 4 is 50.1 Å². The Balaban J connectivity index is 1.56. The molecule has 0 atom stereocenters. The Bertz CT molecular complexity index is 850. The fourth-order valence-electron chi connectivity index (χ4n) is 2.61. The van der Waals surface area contributed by atoms with Crippen molar-refractivity contribution in [3.8, 4) is 0 Å². The lowest BCUT2D eigenvalue weighted by molar-refractivity contribution is 0.0389. The number of rotatable bonds is 7. The molecule has 1 aliphatic rings. The van der Waals surface area contributed by atoms with Crippen LogP contribution in [0.4, 0.5) is 11.4 Å². The molecule has 0 saturated carbocycles. The molecule has 3 N–H and O–H groups in total. The summed E-state index contributed by atoms with van der Waals surface area (Å²) in [6, 6.07) is 10.3. The zero-order valence-electron chi connectivity index (χ0n) is 14.7. The first-order valence-electron chi connectivity index (χ1n) is 8.55. The van der Waals surface area contributed by atoms with Gasteiger partial charge in [0, 0.05) is 26.2 Å². The van der Waals surface area contributed by atoms with E-state index in [1.165, 1.54) is 11.3 Å². The minimum absolute atomic E-state index is 0.267. The summed E-state index contributed by atoms with van der Waals surface area (Å²) in [7, 11) is -3.61. The molecule has 0 bridgehead atoms. The monoisotopic (exact) mass is 426 g/mol. The first-order chi connectivity index (χ1) is 13.0. The van der Waals surface area contributed by atoms with Crippen LogP contribution in [0.15, 0.2) is 46.0 Å². The summed E-state index contributed by atoms with van der Waals surface area (Å²) >= 11 is 6.51. The number of thiophene rings is 1. The largest absolute Gasteiger partial charge is 0.379 e. The van der Waals surface area contributed by atoms with Crippen LogP contribution in [0, 0.1) is 0 Å². The lowest BCUT2D eigenvalue weighted by Gasteiger charge is -2.26. The van der Waals surface area contributed by atoms with Crippen molar-refractivity contribution < 1.29 is 13.2 Å². The summed E-state index contributed by atoms with van der Waals surface area (Å²) in [6.45, 7) is 4.96. The summed E-state index contributed by atoms with van der Waals surface area (Å²) in [5.74, 6) is 0. The minimum Gasteiger partial charge on any atom is -0.379 e. The first-order valence-corrected chi connectivity index (χ1v) is 11.3. The SMILES string of the molecule is O=S(=O)(Nc1ccccc1NC(=S)NCCN1CCOCC1)c1cccs1. The minimum atomic E-state index is -3.61. The molecule has 0 aliphatic carbocycles. The van der Waals surface area contributed by atoms with E-state index >= 15 is 0 Å². The van der Waals surface area contributed by atoms with E-state index in [0.29, 0.717) is 23.0 Å². The highest BCUT2D eigenvalue weighted by atomic mass is 32.2. The number of nitrogens with one attached hydrogen (secondary N) is 3. The Kier molecular flexibility index (Phi) is 7.02. The average Bonchev–Trinajstić information content (AvgIpc) is 3.20. The summed E-state index contributed by atoms with van der Waals surface area (Å²) in [6.07, 6.45) is 0. The zero-order valence-corrected chi connectivity index (χ0v) is 17.1. The molecule has 3 rings (SSSR count). The van der Waals surface area contributed by atoms with Gasteiger partial charge in [-0.25, -0.2) is 8.42 Å². The summed E-state index contributed by atoms with van der Waals surface area (Å²) < 4.78 is 33.1. The van der Waals surface area contributed by atoms with Crippen molar-refractivity contribution in [2.75, 3.05) is 49.4 Å². The van der Waals surface area contributed by atoms with Crippen LogP contribution in [0.25, 0.3) is 0 Å². The van der Waals surface area contributed by atoms with Crippen molar-refractivity contribution in [2.45, 2.75) is 4.21 Å². The predicted molar refractivity (Wildman–Crippen MR) is 113 cm³/mol. The van der Waals surface area contributed by atoms with Crippen LogP contribution in [0.5, 0.6) is 0 Å². The van der Waals surface area contributed by atoms with Crippen molar-refractivity contribution in [1.82, 2.24) is 10.2 Å². The lowest BCUT2D eigenvalue weighted by atomic mass is 10.3. The van der Waals surface area contributed by atoms with Gasteiger partial charge in [-0.1, -0.05) is 18.2 Å². The van der Waals surface area contributed by atoms with Gasteiger partial charge >= 0.3 is 0 Å². The molecular formula is C17H22N4O3S3. The third-order valence-corrected chi connectivity index (χ3v) is 7.01. The van der Waals surface area contributed by atoms with Gasteiger partial charge in [0.1, 0.15) is 4.21 Å². The normalized spacial score (nSPS) is 15.3. The Labute approximate surface area is 168 Å². The number of benzene rings is 1. The second kappa shape index (κ2) is 9.47. The molecule has 1 fully saturated rings. The molecular weight excluding hydrogens is 404 g/mol. The molecule has 27 heavy (non-hydrogen) atoms. The molecule has 0 spiro atoms. The maximum atomic E-state index is 12.5. The molecule has 10 heteroatoms. The average molecular weight is 427 g/mol. The number of nitrogens with zero attached hydrogens (tertiary/aromatic N) is 1. The second-order valence-electron chi connectivity index (χ2n) is 5.92. The van der Waals surface area contributed by atoms with Crippen LogP contribution in [-0.4, -0.2) is 57.8 Å². The van der Waals surface area contributed by atoms with Gasteiger partial charge in [0.2, 0.25) is 0 Å². The van der Waals surface area contributed by atoms with Crippen LogP contribution in [0.1, 0.15) is 0 Å². The van der Waals surface area contributed by atoms with Gasteiger partial charge < -0.3 is 15.4 Å². The van der Waals surface area contributed by atoms with Gasteiger partial charge in [-0.3, -0.25) is 9.62 Å². The topological polar surface area (TPSA) is 82.7 Å². The molecule has 1 aliphatic heterocycles. The second-order valence-corrected chi connectivity index (χ2v) is 9.18. The Morgan fingerprint density at radius 3 is 2.59 bits per heavy atom. The van der Waals surface area contributed by atoms with Gasteiger partial charge in [0.05, 0.1) is 24.6 Å². The summed E-state index contributed by atoms with van der Waals surface area (Å²) in [5, 5.41) is 8.41. The maximum absolute atomic E-state index is 12.5. The predicted octanol–water partition coefficient (Wildman–Crippen LogP) is 2.17. The number of thiocarbonyl (C=S) groups is 1. The number of sulfonamides is 1. The van der Waals surface area contributed by atoms with E-state index in [-0.39, 0.29) is 4.21 Å². The standard InChI is InChI=1S/C17H22N4O3S3/c22-27(23,16-6-3-13-26-16)20-15-5-2-1-4-14(15)19-17(25)18-7-8-21-9-11-24-12-10-21/h1-6,13,20H,7-12H2,(H2,18,19,25). The van der Waals surface area contributed by atoms with Gasteiger partial charge in [0.25, 0.3) is 10.0 Å². The van der Waals surface area contributed by atoms with Gasteiger partial charge in [-0.15, -0.1) is 11.3 Å². The summed E-state index contributed by atoms with van der Waals surface area (Å²) in [4.78, 5) is 2.31. The lowest BCUT2D eigenvalue weighted by Crippen LogP contribution is -2.42. The number of hydrogen-bond donors (Lipinski definition) is 3. The number of hydrogen-bond acceptors (Lipinski definition) is 6. The van der Waals surface area contributed by atoms with E-state index < -0.39 is 10.0 Å². The smallest absolute Gasteiger partial charge is 0.271 e. The van der Waals surface area contributed by atoms with Crippen LogP contribution >= 0.6 is 23.6 Å². The van der Waals surface area contributed by atoms with E-state index in [2.05, 4.69) is 20.3 Å². The van der Waals surface area contributed by atoms with E-state index in [0.717, 1.165) is 32.8 Å². The fraction of sp³-hybridized carbons (Fsp3) is 0.353. The molecule has 0 amide bonds. The maximum Gasteiger partial charge on any atom is 0.271 e. The highest BCUT2D eigenvalue weighted by Gasteiger charge is 2.17. The molecule has 7 nitrogen and oxygen atoms in total. The molecule has 0 radical (unpaired) electrons. The molecule has 2 aromatic rings.